The Hall–Kier alpha value is -1.55. The fourth-order valence-corrected chi connectivity index (χ4v) is 2.78. The van der Waals surface area contributed by atoms with Crippen molar-refractivity contribution in [2.45, 2.75) is 52.2 Å². The molecule has 22 heavy (non-hydrogen) atoms. The van der Waals surface area contributed by atoms with E-state index in [2.05, 4.69) is 19.2 Å². The summed E-state index contributed by atoms with van der Waals surface area (Å²) in [5.41, 5.74) is 1.60. The first kappa shape index (κ1) is 16.8. The number of benzene rings is 1. The molecular weight excluding hydrogens is 278 g/mol. The first-order valence-corrected chi connectivity index (χ1v) is 8.15. The van der Waals surface area contributed by atoms with Gasteiger partial charge < -0.3 is 14.8 Å². The average molecular weight is 305 g/mol. The summed E-state index contributed by atoms with van der Waals surface area (Å²) in [6.45, 7) is 5.39. The van der Waals surface area contributed by atoms with Crippen LogP contribution in [0.2, 0.25) is 0 Å². The van der Waals surface area contributed by atoms with Gasteiger partial charge in [0, 0.05) is 23.8 Å². The second-order valence-electron chi connectivity index (χ2n) is 6.39. The van der Waals surface area contributed by atoms with Crippen LogP contribution in [0.4, 0.5) is 0 Å². The average Bonchev–Trinajstić information content (AvgIpc) is 2.99. The molecule has 122 valence electrons. The molecule has 1 N–H and O–H groups in total. The quantitative estimate of drug-likeness (QED) is 0.838. The highest BCUT2D eigenvalue weighted by atomic mass is 16.5. The van der Waals surface area contributed by atoms with Crippen molar-refractivity contribution >= 4 is 5.91 Å². The number of rotatable bonds is 7. The van der Waals surface area contributed by atoms with E-state index >= 15 is 0 Å². The second kappa shape index (κ2) is 8.18. The molecule has 0 bridgehead atoms. The van der Waals surface area contributed by atoms with Crippen LogP contribution < -0.4 is 10.1 Å². The molecule has 0 saturated heterocycles. The van der Waals surface area contributed by atoms with Crippen LogP contribution in [0.15, 0.2) is 18.2 Å². The molecule has 0 unspecified atom stereocenters. The molecule has 4 nitrogen and oxygen atoms in total. The largest absolute Gasteiger partial charge is 0.496 e. The lowest BCUT2D eigenvalue weighted by atomic mass is 10.1. The monoisotopic (exact) mass is 305 g/mol. The van der Waals surface area contributed by atoms with E-state index < -0.39 is 0 Å². The number of amides is 1. The Labute approximate surface area is 133 Å². The minimum absolute atomic E-state index is 0.000312. The van der Waals surface area contributed by atoms with Gasteiger partial charge in [0.2, 0.25) is 0 Å². The Morgan fingerprint density at radius 3 is 2.68 bits per heavy atom. The molecule has 1 amide bonds. The standard InChI is InChI=1S/C18H27NO3/c1-13(2)11-22-12-15-10-14(8-9-17(15)21-3)18(20)19-16-6-4-5-7-16/h8-10,13,16H,4-7,11-12H2,1-3H3,(H,19,20). The Morgan fingerprint density at radius 2 is 2.05 bits per heavy atom. The molecule has 1 aromatic carbocycles. The molecule has 0 heterocycles. The fraction of sp³-hybridized carbons (Fsp3) is 0.611. The van der Waals surface area contributed by atoms with E-state index in [0.29, 0.717) is 30.7 Å². The van der Waals surface area contributed by atoms with Gasteiger partial charge in [0.05, 0.1) is 13.7 Å². The third-order valence-electron chi connectivity index (χ3n) is 3.94. The Morgan fingerprint density at radius 1 is 1.32 bits per heavy atom. The molecule has 1 aliphatic rings. The van der Waals surface area contributed by atoms with Crippen LogP contribution in [-0.4, -0.2) is 25.7 Å². The topological polar surface area (TPSA) is 47.6 Å². The number of nitrogens with one attached hydrogen (secondary N) is 1. The number of carbonyl (C=O) groups is 1. The molecule has 4 heteroatoms. The lowest BCUT2D eigenvalue weighted by Crippen LogP contribution is -2.32. The van der Waals surface area contributed by atoms with Crippen molar-refractivity contribution in [3.8, 4) is 5.75 Å². The molecule has 1 saturated carbocycles. The molecular formula is C18H27NO3. The van der Waals surface area contributed by atoms with Crippen molar-refractivity contribution in [3.05, 3.63) is 29.3 Å². The predicted octanol–water partition coefficient (Wildman–Crippen LogP) is 3.54. The van der Waals surface area contributed by atoms with Gasteiger partial charge in [-0.05, 0) is 37.0 Å². The summed E-state index contributed by atoms with van der Waals surface area (Å²) in [4.78, 5) is 12.3. The third kappa shape index (κ3) is 4.73. The highest BCUT2D eigenvalue weighted by Gasteiger charge is 2.18. The van der Waals surface area contributed by atoms with Crippen molar-refractivity contribution < 1.29 is 14.3 Å². The van der Waals surface area contributed by atoms with Crippen LogP contribution in [0.1, 0.15) is 55.5 Å². The van der Waals surface area contributed by atoms with Crippen LogP contribution in [0.5, 0.6) is 5.75 Å². The molecule has 0 radical (unpaired) electrons. The molecule has 2 rings (SSSR count). The van der Waals surface area contributed by atoms with E-state index in [1.54, 1.807) is 7.11 Å². The summed E-state index contributed by atoms with van der Waals surface area (Å²) >= 11 is 0. The van der Waals surface area contributed by atoms with E-state index in [1.807, 2.05) is 18.2 Å². The van der Waals surface area contributed by atoms with Crippen molar-refractivity contribution in [1.82, 2.24) is 5.32 Å². The zero-order valence-electron chi connectivity index (χ0n) is 13.9. The van der Waals surface area contributed by atoms with E-state index in [1.165, 1.54) is 12.8 Å². The maximum atomic E-state index is 12.3. The predicted molar refractivity (Wildman–Crippen MR) is 87.2 cm³/mol. The van der Waals surface area contributed by atoms with Gasteiger partial charge in [-0.3, -0.25) is 4.79 Å². The number of carbonyl (C=O) groups excluding carboxylic acids is 1. The molecule has 0 spiro atoms. The van der Waals surface area contributed by atoms with Gasteiger partial charge in [-0.1, -0.05) is 26.7 Å². The maximum Gasteiger partial charge on any atom is 0.251 e. The zero-order chi connectivity index (χ0) is 15.9. The molecule has 0 aromatic heterocycles. The van der Waals surface area contributed by atoms with Gasteiger partial charge in [-0.2, -0.15) is 0 Å². The second-order valence-corrected chi connectivity index (χ2v) is 6.39. The summed E-state index contributed by atoms with van der Waals surface area (Å²) < 4.78 is 11.0. The van der Waals surface area contributed by atoms with Gasteiger partial charge in [-0.25, -0.2) is 0 Å². The van der Waals surface area contributed by atoms with Gasteiger partial charge in [0.15, 0.2) is 0 Å². The lowest BCUT2D eigenvalue weighted by Gasteiger charge is -2.14. The van der Waals surface area contributed by atoms with Crippen LogP contribution in [0.3, 0.4) is 0 Å². The van der Waals surface area contributed by atoms with Gasteiger partial charge in [0.1, 0.15) is 5.75 Å². The minimum atomic E-state index is -0.000312. The molecule has 0 aliphatic heterocycles. The van der Waals surface area contributed by atoms with Crippen molar-refractivity contribution in [2.75, 3.05) is 13.7 Å². The summed E-state index contributed by atoms with van der Waals surface area (Å²) in [6.07, 6.45) is 4.60. The number of methoxy groups -OCH3 is 1. The highest BCUT2D eigenvalue weighted by molar-refractivity contribution is 5.94. The molecule has 1 aromatic rings. The van der Waals surface area contributed by atoms with Crippen LogP contribution >= 0.6 is 0 Å². The maximum absolute atomic E-state index is 12.3. The number of ether oxygens (including phenoxy) is 2. The Kier molecular flexibility index (Phi) is 6.25. The van der Waals surface area contributed by atoms with Gasteiger partial charge in [-0.15, -0.1) is 0 Å². The number of hydrogen-bond acceptors (Lipinski definition) is 3. The van der Waals surface area contributed by atoms with Crippen molar-refractivity contribution in [1.29, 1.82) is 0 Å². The van der Waals surface area contributed by atoms with Crippen LogP contribution in [-0.2, 0) is 11.3 Å². The Balaban J connectivity index is 2.02. The smallest absolute Gasteiger partial charge is 0.251 e. The van der Waals surface area contributed by atoms with Crippen LogP contribution in [0, 0.1) is 5.92 Å². The van der Waals surface area contributed by atoms with E-state index in [0.717, 1.165) is 24.2 Å². The van der Waals surface area contributed by atoms with Gasteiger partial charge in [0.25, 0.3) is 5.91 Å². The normalized spacial score (nSPS) is 15.3. The van der Waals surface area contributed by atoms with Crippen LogP contribution in [0.25, 0.3) is 0 Å². The van der Waals surface area contributed by atoms with Crippen molar-refractivity contribution in [2.24, 2.45) is 5.92 Å². The first-order valence-electron chi connectivity index (χ1n) is 8.15. The summed E-state index contributed by atoms with van der Waals surface area (Å²) in [7, 11) is 1.64. The Bertz CT molecular complexity index is 493. The first-order chi connectivity index (χ1) is 10.6. The highest BCUT2D eigenvalue weighted by Crippen LogP contribution is 2.22. The fourth-order valence-electron chi connectivity index (χ4n) is 2.78. The lowest BCUT2D eigenvalue weighted by molar-refractivity contribution is 0.0928. The minimum Gasteiger partial charge on any atom is -0.496 e. The summed E-state index contributed by atoms with van der Waals surface area (Å²) in [6, 6.07) is 5.87. The molecule has 0 atom stereocenters. The summed E-state index contributed by atoms with van der Waals surface area (Å²) in [5.74, 6) is 1.25. The third-order valence-corrected chi connectivity index (χ3v) is 3.94. The zero-order valence-corrected chi connectivity index (χ0v) is 13.9. The summed E-state index contributed by atoms with van der Waals surface area (Å²) in [5, 5.41) is 3.11. The molecule has 1 fully saturated rings. The van der Waals surface area contributed by atoms with Gasteiger partial charge >= 0.3 is 0 Å². The number of hydrogen-bond donors (Lipinski definition) is 1. The van der Waals surface area contributed by atoms with E-state index in [-0.39, 0.29) is 5.91 Å². The van der Waals surface area contributed by atoms with E-state index in [4.69, 9.17) is 9.47 Å². The molecule has 1 aliphatic carbocycles. The van der Waals surface area contributed by atoms with E-state index in [9.17, 15) is 4.79 Å². The SMILES string of the molecule is COc1ccc(C(=O)NC2CCCC2)cc1COCC(C)C. The van der Waals surface area contributed by atoms with Crippen molar-refractivity contribution in [3.63, 3.8) is 0 Å².